The molecule has 0 saturated heterocycles. The smallest absolute Gasteiger partial charge is 0.205 e. The molecule has 0 radical (unpaired) electrons. The second-order valence-electron chi connectivity index (χ2n) is 4.87. The van der Waals surface area contributed by atoms with Crippen LogP contribution in [0.1, 0.15) is 32.4 Å². The Morgan fingerprint density at radius 1 is 1.29 bits per heavy atom. The summed E-state index contributed by atoms with van der Waals surface area (Å²) in [6.45, 7) is 6.05. The lowest BCUT2D eigenvalue weighted by Gasteiger charge is -2.22. The summed E-state index contributed by atoms with van der Waals surface area (Å²) in [6.07, 6.45) is 0. The van der Waals surface area contributed by atoms with Crippen LogP contribution in [0.2, 0.25) is 0 Å². The van der Waals surface area contributed by atoms with Crippen molar-refractivity contribution in [2.45, 2.75) is 36.4 Å². The minimum Gasteiger partial charge on any atom is -0.323 e. The van der Waals surface area contributed by atoms with Gasteiger partial charge in [0.1, 0.15) is 4.83 Å². The van der Waals surface area contributed by atoms with Gasteiger partial charge >= 0.3 is 0 Å². The summed E-state index contributed by atoms with van der Waals surface area (Å²) in [4.78, 5) is 11.7. The van der Waals surface area contributed by atoms with E-state index in [0.29, 0.717) is 0 Å². The maximum absolute atomic E-state index is 12.0. The normalized spacial score (nSPS) is 15.4. The van der Waals surface area contributed by atoms with Crippen molar-refractivity contribution in [1.29, 1.82) is 0 Å². The molecule has 94 valence electrons. The average molecular weight is 316 g/mol. The second-order valence-corrected chi connectivity index (χ2v) is 7.69. The van der Waals surface area contributed by atoms with Crippen molar-refractivity contribution in [3.05, 3.63) is 35.9 Å². The van der Waals surface area contributed by atoms with Crippen molar-refractivity contribution >= 4 is 32.8 Å². The number of carbonyl (C=O) groups is 1. The molecule has 0 fully saturated rings. The van der Waals surface area contributed by atoms with E-state index in [2.05, 4.69) is 15.9 Å². The molecule has 0 spiro atoms. The fourth-order valence-electron chi connectivity index (χ4n) is 1.35. The predicted octanol–water partition coefficient (Wildman–Crippen LogP) is 3.51. The van der Waals surface area contributed by atoms with Gasteiger partial charge in [0.05, 0.1) is 6.04 Å². The Labute approximate surface area is 115 Å². The van der Waals surface area contributed by atoms with Crippen LogP contribution in [0.4, 0.5) is 0 Å². The van der Waals surface area contributed by atoms with Gasteiger partial charge < -0.3 is 5.73 Å². The van der Waals surface area contributed by atoms with Crippen LogP contribution in [0, 0.1) is 0 Å². The molecule has 0 saturated carbocycles. The fraction of sp³-hybridized carbons (Fsp3) is 0.462. The van der Waals surface area contributed by atoms with Gasteiger partial charge in [0.15, 0.2) is 0 Å². The van der Waals surface area contributed by atoms with Crippen molar-refractivity contribution in [3.8, 4) is 0 Å². The predicted molar refractivity (Wildman–Crippen MR) is 78.4 cm³/mol. The Hall–Kier alpha value is -0.320. The van der Waals surface area contributed by atoms with E-state index in [1.165, 1.54) is 11.8 Å². The Kier molecular flexibility index (Phi) is 5.22. The molecule has 1 rings (SSSR count). The number of nitrogens with two attached hydrogens (primary N) is 1. The third-order valence-electron chi connectivity index (χ3n) is 2.13. The van der Waals surface area contributed by atoms with Gasteiger partial charge in [-0.05, 0) is 5.56 Å². The molecule has 2 nitrogen and oxygen atoms in total. The first-order chi connectivity index (χ1) is 7.81. The van der Waals surface area contributed by atoms with E-state index in [1.54, 1.807) is 0 Å². The van der Waals surface area contributed by atoms with Crippen molar-refractivity contribution in [3.63, 3.8) is 0 Å². The highest BCUT2D eigenvalue weighted by molar-refractivity contribution is 9.10. The molecular weight excluding hydrogens is 298 g/mol. The minimum absolute atomic E-state index is 0.0776. The van der Waals surface area contributed by atoms with Crippen molar-refractivity contribution < 1.29 is 4.79 Å². The summed E-state index contributed by atoms with van der Waals surface area (Å²) >= 11 is 4.72. The molecule has 0 aliphatic rings. The third-order valence-corrected chi connectivity index (χ3v) is 4.49. The van der Waals surface area contributed by atoms with Crippen LogP contribution in [0.3, 0.4) is 0 Å². The Morgan fingerprint density at radius 2 is 1.82 bits per heavy atom. The molecule has 4 heteroatoms. The lowest BCUT2D eigenvalue weighted by atomic mass is 10.1. The summed E-state index contributed by atoms with van der Waals surface area (Å²) in [5, 5.41) is 0.0776. The first-order valence-corrected chi connectivity index (χ1v) is 7.22. The van der Waals surface area contributed by atoms with E-state index in [-0.39, 0.29) is 20.7 Å². The van der Waals surface area contributed by atoms with E-state index in [0.717, 1.165) is 5.56 Å². The molecule has 2 atom stereocenters. The number of carbonyl (C=O) groups excluding carboxylic acids is 1. The SMILES string of the molecule is CC(C)(C)SC(=O)[C@H](Br)[C@@H](N)c1ccccc1. The van der Waals surface area contributed by atoms with Gasteiger partial charge in [0.25, 0.3) is 0 Å². The lowest BCUT2D eigenvalue weighted by molar-refractivity contribution is -0.110. The molecule has 0 bridgehead atoms. The Morgan fingerprint density at radius 3 is 2.29 bits per heavy atom. The van der Waals surface area contributed by atoms with E-state index in [1.807, 2.05) is 51.1 Å². The van der Waals surface area contributed by atoms with Crippen molar-refractivity contribution in [2.75, 3.05) is 0 Å². The minimum atomic E-state index is -0.353. The van der Waals surface area contributed by atoms with Gasteiger partial charge in [-0.15, -0.1) is 0 Å². The molecule has 0 amide bonds. The van der Waals surface area contributed by atoms with E-state index in [4.69, 9.17) is 5.73 Å². The lowest BCUT2D eigenvalue weighted by Crippen LogP contribution is -2.29. The van der Waals surface area contributed by atoms with Crippen LogP contribution in [0.25, 0.3) is 0 Å². The number of thioether (sulfide) groups is 1. The molecule has 0 aliphatic heterocycles. The standard InChI is InChI=1S/C13H18BrNOS/c1-13(2,3)17-12(16)10(14)11(15)9-7-5-4-6-8-9/h4-8,10-11H,15H2,1-3H3/t10-,11+/m1/s1. The highest BCUT2D eigenvalue weighted by Gasteiger charge is 2.28. The summed E-state index contributed by atoms with van der Waals surface area (Å²) < 4.78 is -0.0838. The molecular formula is C13H18BrNOS. The molecule has 0 aliphatic carbocycles. The maximum atomic E-state index is 12.0. The van der Waals surface area contributed by atoms with E-state index in [9.17, 15) is 4.79 Å². The number of halogens is 1. The zero-order chi connectivity index (χ0) is 13.1. The number of alkyl halides is 1. The molecule has 17 heavy (non-hydrogen) atoms. The Balaban J connectivity index is 2.70. The topological polar surface area (TPSA) is 43.1 Å². The molecule has 1 aromatic rings. The third kappa shape index (κ3) is 4.82. The first kappa shape index (κ1) is 14.7. The van der Waals surface area contributed by atoms with Gasteiger partial charge in [-0.25, -0.2) is 0 Å². The Bertz CT molecular complexity index is 375. The molecule has 2 N–H and O–H groups in total. The summed E-state index contributed by atoms with van der Waals surface area (Å²) in [7, 11) is 0. The van der Waals surface area contributed by atoms with Gasteiger partial charge in [0.2, 0.25) is 5.12 Å². The van der Waals surface area contributed by atoms with Gasteiger partial charge in [-0.2, -0.15) is 0 Å². The summed E-state index contributed by atoms with van der Waals surface area (Å²) in [5.41, 5.74) is 7.05. The average Bonchev–Trinajstić information content (AvgIpc) is 2.26. The highest BCUT2D eigenvalue weighted by atomic mass is 79.9. The van der Waals surface area contributed by atoms with Crippen LogP contribution in [0.5, 0.6) is 0 Å². The van der Waals surface area contributed by atoms with Gasteiger partial charge in [0, 0.05) is 4.75 Å². The van der Waals surface area contributed by atoms with Crippen LogP contribution in [0.15, 0.2) is 30.3 Å². The van der Waals surface area contributed by atoms with Crippen LogP contribution in [-0.2, 0) is 4.79 Å². The van der Waals surface area contributed by atoms with Crippen molar-refractivity contribution in [2.24, 2.45) is 5.73 Å². The van der Waals surface area contributed by atoms with Gasteiger partial charge in [-0.3, -0.25) is 4.79 Å². The maximum Gasteiger partial charge on any atom is 0.205 e. The zero-order valence-electron chi connectivity index (χ0n) is 10.3. The zero-order valence-corrected chi connectivity index (χ0v) is 12.7. The number of hydrogen-bond donors (Lipinski definition) is 1. The quantitative estimate of drug-likeness (QED) is 0.868. The first-order valence-electron chi connectivity index (χ1n) is 5.49. The summed E-state index contributed by atoms with van der Waals surface area (Å²) in [6, 6.07) is 9.36. The fourth-order valence-corrected chi connectivity index (χ4v) is 2.80. The van der Waals surface area contributed by atoms with Crippen LogP contribution >= 0.6 is 27.7 Å². The van der Waals surface area contributed by atoms with Gasteiger partial charge in [-0.1, -0.05) is 78.8 Å². The molecule has 0 unspecified atom stereocenters. The molecule has 0 heterocycles. The van der Waals surface area contributed by atoms with Crippen molar-refractivity contribution in [1.82, 2.24) is 0 Å². The highest BCUT2D eigenvalue weighted by Crippen LogP contribution is 2.31. The largest absolute Gasteiger partial charge is 0.323 e. The van der Waals surface area contributed by atoms with E-state index < -0.39 is 0 Å². The monoisotopic (exact) mass is 315 g/mol. The summed E-state index contributed by atoms with van der Waals surface area (Å²) in [5.74, 6) is 0. The van der Waals surface area contributed by atoms with Crippen LogP contribution < -0.4 is 5.73 Å². The van der Waals surface area contributed by atoms with E-state index >= 15 is 0 Å². The number of benzene rings is 1. The second kappa shape index (κ2) is 6.03. The molecule has 1 aromatic carbocycles. The number of rotatable bonds is 3. The van der Waals surface area contributed by atoms with Crippen LogP contribution in [-0.4, -0.2) is 14.7 Å². The number of hydrogen-bond acceptors (Lipinski definition) is 3. The molecule has 0 aromatic heterocycles.